The molecule has 92 valence electrons. The number of hydrogen-bond donors (Lipinski definition) is 2. The Morgan fingerprint density at radius 1 is 1.62 bits per heavy atom. The normalized spacial score (nSPS) is 15.1. The number of hydrazine groups is 1. The molecule has 1 heterocycles. The largest absolute Gasteiger partial charge is 0.376 e. The molecule has 1 rings (SSSR count). The van der Waals surface area contributed by atoms with Gasteiger partial charge in [0.1, 0.15) is 0 Å². The van der Waals surface area contributed by atoms with Gasteiger partial charge in [0, 0.05) is 13.7 Å². The van der Waals surface area contributed by atoms with E-state index in [1.54, 1.807) is 10.9 Å². The van der Waals surface area contributed by atoms with Crippen LogP contribution in [0, 0.1) is 0 Å². The Morgan fingerprint density at radius 3 is 2.69 bits per heavy atom. The van der Waals surface area contributed by atoms with Crippen LogP contribution in [0.15, 0.2) is 6.20 Å². The van der Waals surface area contributed by atoms with Crippen LogP contribution in [0.5, 0.6) is 0 Å². The Kier molecular flexibility index (Phi) is 5.21. The minimum atomic E-state index is -0.148. The molecule has 1 aromatic heterocycles. The first-order chi connectivity index (χ1) is 7.65. The van der Waals surface area contributed by atoms with Gasteiger partial charge in [-0.25, -0.2) is 5.43 Å². The van der Waals surface area contributed by atoms with Gasteiger partial charge in [-0.05, 0) is 13.3 Å². The Balaban J connectivity index is 2.96. The molecule has 5 nitrogen and oxygen atoms in total. The van der Waals surface area contributed by atoms with Gasteiger partial charge in [0.05, 0.1) is 29.1 Å². The Labute approximate surface area is 101 Å². The van der Waals surface area contributed by atoms with Crippen molar-refractivity contribution in [2.45, 2.75) is 32.4 Å². The van der Waals surface area contributed by atoms with Gasteiger partial charge >= 0.3 is 0 Å². The van der Waals surface area contributed by atoms with Gasteiger partial charge in [-0.2, -0.15) is 5.10 Å². The molecule has 0 radical (unpaired) electrons. The van der Waals surface area contributed by atoms with E-state index in [9.17, 15) is 0 Å². The van der Waals surface area contributed by atoms with Crippen LogP contribution < -0.4 is 11.3 Å². The Hall–Kier alpha value is -0.620. The van der Waals surface area contributed by atoms with Crippen molar-refractivity contribution < 1.29 is 4.74 Å². The molecule has 0 spiro atoms. The van der Waals surface area contributed by atoms with Gasteiger partial charge in [-0.3, -0.25) is 10.5 Å². The van der Waals surface area contributed by atoms with Crippen molar-refractivity contribution >= 4 is 11.6 Å². The topological polar surface area (TPSA) is 65.1 Å². The fourth-order valence-corrected chi connectivity index (χ4v) is 2.08. The summed E-state index contributed by atoms with van der Waals surface area (Å²) in [5, 5.41) is 4.70. The lowest BCUT2D eigenvalue weighted by atomic mass is 10.1. The van der Waals surface area contributed by atoms with E-state index < -0.39 is 0 Å². The summed E-state index contributed by atoms with van der Waals surface area (Å²) in [5.74, 6) is 5.58. The summed E-state index contributed by atoms with van der Waals surface area (Å²) >= 11 is 6.09. The minimum absolute atomic E-state index is 0.0112. The Bertz CT molecular complexity index is 309. The average Bonchev–Trinajstić information content (AvgIpc) is 2.60. The summed E-state index contributed by atoms with van der Waals surface area (Å²) < 4.78 is 7.35. The van der Waals surface area contributed by atoms with Crippen LogP contribution in [0.25, 0.3) is 0 Å². The number of hydrogen-bond acceptors (Lipinski definition) is 4. The number of ether oxygens (including phenoxy) is 1. The van der Waals surface area contributed by atoms with Crippen molar-refractivity contribution in [3.63, 3.8) is 0 Å². The summed E-state index contributed by atoms with van der Waals surface area (Å²) in [5.41, 5.74) is 3.60. The Morgan fingerprint density at radius 2 is 2.31 bits per heavy atom. The average molecular weight is 247 g/mol. The molecule has 3 N–H and O–H groups in total. The van der Waals surface area contributed by atoms with E-state index in [0.717, 1.165) is 12.1 Å². The van der Waals surface area contributed by atoms with Crippen molar-refractivity contribution in [2.24, 2.45) is 12.9 Å². The van der Waals surface area contributed by atoms with Gasteiger partial charge < -0.3 is 4.74 Å². The highest BCUT2D eigenvalue weighted by molar-refractivity contribution is 6.31. The molecule has 2 atom stereocenters. The van der Waals surface area contributed by atoms with Crippen LogP contribution in [0.4, 0.5) is 0 Å². The lowest BCUT2D eigenvalue weighted by molar-refractivity contribution is 0.0294. The van der Waals surface area contributed by atoms with Crippen LogP contribution in [-0.2, 0) is 11.8 Å². The van der Waals surface area contributed by atoms with Gasteiger partial charge in [-0.1, -0.05) is 18.5 Å². The molecule has 0 saturated heterocycles. The molecule has 0 aliphatic rings. The number of aromatic nitrogens is 2. The van der Waals surface area contributed by atoms with E-state index in [2.05, 4.69) is 17.4 Å². The van der Waals surface area contributed by atoms with E-state index in [-0.39, 0.29) is 12.1 Å². The number of nitrogens with zero attached hydrogens (tertiary/aromatic N) is 2. The lowest BCUT2D eigenvalue weighted by Gasteiger charge is -2.25. The maximum atomic E-state index is 6.09. The molecule has 2 unspecified atom stereocenters. The summed E-state index contributed by atoms with van der Waals surface area (Å²) in [7, 11) is 1.84. The fraction of sp³-hybridized carbons (Fsp3) is 0.700. The summed E-state index contributed by atoms with van der Waals surface area (Å²) in [6.07, 6.45) is 2.45. The first-order valence-electron chi connectivity index (χ1n) is 5.40. The molecule has 0 amide bonds. The summed E-state index contributed by atoms with van der Waals surface area (Å²) in [6.45, 7) is 4.65. The molecular formula is C10H19ClN4O. The third kappa shape index (κ3) is 2.74. The molecule has 1 aromatic rings. The second kappa shape index (κ2) is 6.20. The van der Waals surface area contributed by atoms with Crippen molar-refractivity contribution in [2.75, 3.05) is 6.61 Å². The van der Waals surface area contributed by atoms with E-state index in [1.807, 2.05) is 14.0 Å². The predicted molar refractivity (Wildman–Crippen MR) is 64.0 cm³/mol. The summed E-state index contributed by atoms with van der Waals surface area (Å²) in [4.78, 5) is 0. The lowest BCUT2D eigenvalue weighted by Crippen LogP contribution is -2.39. The highest BCUT2D eigenvalue weighted by Gasteiger charge is 2.26. The van der Waals surface area contributed by atoms with E-state index in [0.29, 0.717) is 11.6 Å². The highest BCUT2D eigenvalue weighted by atomic mass is 35.5. The molecule has 0 saturated carbocycles. The highest BCUT2D eigenvalue weighted by Crippen LogP contribution is 2.26. The second-order valence-corrected chi connectivity index (χ2v) is 3.95. The van der Waals surface area contributed by atoms with Gasteiger partial charge in [-0.15, -0.1) is 0 Å². The van der Waals surface area contributed by atoms with Crippen LogP contribution in [0.3, 0.4) is 0 Å². The maximum absolute atomic E-state index is 6.09. The third-order valence-electron chi connectivity index (χ3n) is 2.57. The monoisotopic (exact) mass is 246 g/mol. The summed E-state index contributed by atoms with van der Waals surface area (Å²) in [6, 6.07) is -0.148. The zero-order valence-electron chi connectivity index (χ0n) is 9.90. The minimum Gasteiger partial charge on any atom is -0.376 e. The van der Waals surface area contributed by atoms with Crippen molar-refractivity contribution in [3.05, 3.63) is 16.9 Å². The SMILES string of the molecule is CCOC(CC)C(NN)c1c(Cl)cnn1C. The van der Waals surface area contributed by atoms with Crippen LogP contribution >= 0.6 is 11.6 Å². The van der Waals surface area contributed by atoms with Crippen LogP contribution in [0.2, 0.25) is 5.02 Å². The number of halogens is 1. The first-order valence-corrected chi connectivity index (χ1v) is 5.78. The molecule has 0 fully saturated rings. The predicted octanol–water partition coefficient (Wildman–Crippen LogP) is 1.39. The first kappa shape index (κ1) is 13.4. The standard InChI is InChI=1S/C10H19ClN4O/c1-4-8(16-5-2)9(14-12)10-7(11)6-13-15(10)3/h6,8-9,14H,4-5,12H2,1-3H3. The van der Waals surface area contributed by atoms with Gasteiger partial charge in [0.25, 0.3) is 0 Å². The second-order valence-electron chi connectivity index (χ2n) is 3.55. The molecule has 16 heavy (non-hydrogen) atoms. The molecule has 0 bridgehead atoms. The van der Waals surface area contributed by atoms with E-state index >= 15 is 0 Å². The number of rotatable bonds is 6. The number of aryl methyl sites for hydroxylation is 1. The van der Waals surface area contributed by atoms with Crippen molar-refractivity contribution in [1.82, 2.24) is 15.2 Å². The zero-order chi connectivity index (χ0) is 12.1. The van der Waals surface area contributed by atoms with Crippen LogP contribution in [-0.4, -0.2) is 22.5 Å². The van der Waals surface area contributed by atoms with Crippen LogP contribution in [0.1, 0.15) is 32.0 Å². The molecule has 0 aromatic carbocycles. The molecule has 0 aliphatic heterocycles. The van der Waals surface area contributed by atoms with Gasteiger partial charge in [0.2, 0.25) is 0 Å². The molecular weight excluding hydrogens is 228 g/mol. The maximum Gasteiger partial charge on any atom is 0.0905 e. The van der Waals surface area contributed by atoms with Crippen molar-refractivity contribution in [3.8, 4) is 0 Å². The molecule has 6 heteroatoms. The van der Waals surface area contributed by atoms with E-state index in [1.165, 1.54) is 0 Å². The zero-order valence-corrected chi connectivity index (χ0v) is 10.7. The van der Waals surface area contributed by atoms with E-state index in [4.69, 9.17) is 22.2 Å². The fourth-order valence-electron chi connectivity index (χ4n) is 1.80. The van der Waals surface area contributed by atoms with Gasteiger partial charge in [0.15, 0.2) is 0 Å². The molecule has 0 aliphatic carbocycles. The number of nitrogens with one attached hydrogen (secondary N) is 1. The van der Waals surface area contributed by atoms with Crippen molar-refractivity contribution in [1.29, 1.82) is 0 Å². The number of nitrogens with two attached hydrogens (primary N) is 1. The quantitative estimate of drug-likeness (QED) is 0.588. The third-order valence-corrected chi connectivity index (χ3v) is 2.86. The smallest absolute Gasteiger partial charge is 0.0905 e.